The van der Waals surface area contributed by atoms with Gasteiger partial charge in [0.1, 0.15) is 11.8 Å². The van der Waals surface area contributed by atoms with Crippen molar-refractivity contribution in [2.75, 3.05) is 10.2 Å². The van der Waals surface area contributed by atoms with Crippen LogP contribution in [-0.2, 0) is 22.6 Å². The SMILES string of the molecule is CCc1ccc(NC(=O)C[C@H]2C(=O)N(c3ccccc3)C(=O)N2Cc2ccco2)cc1. The summed E-state index contributed by atoms with van der Waals surface area (Å²) in [5, 5.41) is 2.82. The van der Waals surface area contributed by atoms with Crippen LogP contribution in [0.2, 0.25) is 0 Å². The predicted octanol–water partition coefficient (Wildman–Crippen LogP) is 4.21. The number of hydrogen-bond donors (Lipinski definition) is 1. The summed E-state index contributed by atoms with van der Waals surface area (Å²) in [5.41, 5.74) is 2.29. The summed E-state index contributed by atoms with van der Waals surface area (Å²) in [6.07, 6.45) is 2.27. The number of carbonyl (C=O) groups is 3. The lowest BCUT2D eigenvalue weighted by Crippen LogP contribution is -2.37. The molecule has 1 atom stereocenters. The van der Waals surface area contributed by atoms with Gasteiger partial charge in [-0.05, 0) is 48.4 Å². The number of furan rings is 1. The van der Waals surface area contributed by atoms with Crippen molar-refractivity contribution in [1.29, 1.82) is 0 Å². The molecule has 1 saturated heterocycles. The van der Waals surface area contributed by atoms with Crippen molar-refractivity contribution in [2.45, 2.75) is 32.4 Å². The molecule has 2 heterocycles. The van der Waals surface area contributed by atoms with Crippen LogP contribution in [0.3, 0.4) is 0 Å². The first-order valence-corrected chi connectivity index (χ1v) is 10.2. The lowest BCUT2D eigenvalue weighted by molar-refractivity contribution is -0.124. The van der Waals surface area contributed by atoms with Gasteiger partial charge in [-0.1, -0.05) is 37.3 Å². The van der Waals surface area contributed by atoms with Crippen LogP contribution in [0.15, 0.2) is 77.4 Å². The summed E-state index contributed by atoms with van der Waals surface area (Å²) in [5.74, 6) is -0.231. The van der Waals surface area contributed by atoms with Crippen molar-refractivity contribution >= 4 is 29.2 Å². The fraction of sp³-hybridized carbons (Fsp3) is 0.208. The third-order valence-electron chi connectivity index (χ3n) is 5.26. The van der Waals surface area contributed by atoms with E-state index in [0.29, 0.717) is 17.1 Å². The minimum Gasteiger partial charge on any atom is -0.467 e. The van der Waals surface area contributed by atoms with E-state index in [9.17, 15) is 14.4 Å². The number of para-hydroxylation sites is 1. The van der Waals surface area contributed by atoms with E-state index in [-0.39, 0.29) is 18.9 Å². The Balaban J connectivity index is 1.55. The van der Waals surface area contributed by atoms with Gasteiger partial charge in [0.05, 0.1) is 24.9 Å². The summed E-state index contributed by atoms with van der Waals surface area (Å²) < 4.78 is 5.37. The van der Waals surface area contributed by atoms with Crippen molar-refractivity contribution in [3.8, 4) is 0 Å². The highest BCUT2D eigenvalue weighted by Gasteiger charge is 2.46. The summed E-state index contributed by atoms with van der Waals surface area (Å²) in [6, 6.07) is 18.3. The highest BCUT2D eigenvalue weighted by atomic mass is 16.3. The van der Waals surface area contributed by atoms with Crippen LogP contribution in [0.1, 0.15) is 24.7 Å². The molecule has 3 aromatic rings. The fourth-order valence-electron chi connectivity index (χ4n) is 3.61. The Morgan fingerprint density at radius 3 is 2.39 bits per heavy atom. The first-order chi connectivity index (χ1) is 15.1. The monoisotopic (exact) mass is 417 g/mol. The number of aryl methyl sites for hydroxylation is 1. The lowest BCUT2D eigenvalue weighted by Gasteiger charge is -2.20. The smallest absolute Gasteiger partial charge is 0.332 e. The number of hydrogen-bond acceptors (Lipinski definition) is 4. The second-order valence-corrected chi connectivity index (χ2v) is 7.32. The van der Waals surface area contributed by atoms with Crippen LogP contribution in [0.5, 0.6) is 0 Å². The number of carbonyl (C=O) groups excluding carboxylic acids is 3. The van der Waals surface area contributed by atoms with Crippen molar-refractivity contribution in [3.05, 3.63) is 84.3 Å². The number of nitrogens with one attached hydrogen (secondary N) is 1. The number of benzene rings is 2. The van der Waals surface area contributed by atoms with E-state index >= 15 is 0 Å². The van der Waals surface area contributed by atoms with Gasteiger partial charge in [0, 0.05) is 5.69 Å². The predicted molar refractivity (Wildman–Crippen MR) is 116 cm³/mol. The highest BCUT2D eigenvalue weighted by molar-refractivity contribution is 6.22. The molecule has 4 rings (SSSR count). The largest absolute Gasteiger partial charge is 0.467 e. The van der Waals surface area contributed by atoms with Crippen LogP contribution in [0, 0.1) is 0 Å². The molecule has 0 bridgehead atoms. The van der Waals surface area contributed by atoms with E-state index in [4.69, 9.17) is 4.42 Å². The minimum absolute atomic E-state index is 0.101. The molecule has 0 saturated carbocycles. The van der Waals surface area contributed by atoms with Crippen molar-refractivity contribution in [3.63, 3.8) is 0 Å². The maximum atomic E-state index is 13.2. The zero-order valence-corrected chi connectivity index (χ0v) is 17.2. The van der Waals surface area contributed by atoms with E-state index in [1.165, 1.54) is 11.2 Å². The second-order valence-electron chi connectivity index (χ2n) is 7.32. The van der Waals surface area contributed by atoms with Crippen molar-refractivity contribution in [1.82, 2.24) is 4.90 Å². The van der Waals surface area contributed by atoms with E-state index < -0.39 is 18.0 Å². The van der Waals surface area contributed by atoms with E-state index in [1.54, 1.807) is 36.4 Å². The zero-order chi connectivity index (χ0) is 21.8. The molecule has 4 amide bonds. The van der Waals surface area contributed by atoms with E-state index in [2.05, 4.69) is 12.2 Å². The Hall–Kier alpha value is -3.87. The van der Waals surface area contributed by atoms with Crippen LogP contribution >= 0.6 is 0 Å². The molecular formula is C24H23N3O4. The normalized spacial score (nSPS) is 16.1. The van der Waals surface area contributed by atoms with Gasteiger partial charge in [0.25, 0.3) is 5.91 Å². The first-order valence-electron chi connectivity index (χ1n) is 10.2. The number of amides is 4. The number of urea groups is 1. The van der Waals surface area contributed by atoms with Gasteiger partial charge in [-0.2, -0.15) is 0 Å². The van der Waals surface area contributed by atoms with Gasteiger partial charge in [-0.15, -0.1) is 0 Å². The van der Waals surface area contributed by atoms with Crippen LogP contribution in [0.25, 0.3) is 0 Å². The molecule has 0 radical (unpaired) electrons. The lowest BCUT2D eigenvalue weighted by atomic mass is 10.1. The van der Waals surface area contributed by atoms with Gasteiger partial charge in [-0.3, -0.25) is 9.59 Å². The zero-order valence-electron chi connectivity index (χ0n) is 17.2. The third-order valence-corrected chi connectivity index (χ3v) is 5.26. The van der Waals surface area contributed by atoms with E-state index in [0.717, 1.165) is 16.9 Å². The molecule has 0 aliphatic carbocycles. The Labute approximate surface area is 180 Å². The topological polar surface area (TPSA) is 82.9 Å². The number of anilines is 2. The summed E-state index contributed by atoms with van der Waals surface area (Å²) in [7, 11) is 0. The number of imide groups is 1. The molecule has 0 spiro atoms. The molecule has 1 aliphatic heterocycles. The average Bonchev–Trinajstić information content (AvgIpc) is 3.37. The summed E-state index contributed by atoms with van der Waals surface area (Å²) in [4.78, 5) is 41.5. The summed E-state index contributed by atoms with van der Waals surface area (Å²) in [6.45, 7) is 2.16. The molecule has 0 unspecified atom stereocenters. The van der Waals surface area contributed by atoms with Gasteiger partial charge >= 0.3 is 6.03 Å². The van der Waals surface area contributed by atoms with Gasteiger partial charge in [-0.25, -0.2) is 9.69 Å². The van der Waals surface area contributed by atoms with Crippen LogP contribution in [-0.4, -0.2) is 28.8 Å². The third kappa shape index (κ3) is 4.35. The molecule has 31 heavy (non-hydrogen) atoms. The van der Waals surface area contributed by atoms with Crippen LogP contribution < -0.4 is 10.2 Å². The Morgan fingerprint density at radius 2 is 1.74 bits per heavy atom. The van der Waals surface area contributed by atoms with E-state index in [1.807, 2.05) is 30.3 Å². The van der Waals surface area contributed by atoms with Crippen molar-refractivity contribution < 1.29 is 18.8 Å². The Morgan fingerprint density at radius 1 is 1.00 bits per heavy atom. The Kier molecular flexibility index (Phi) is 5.84. The molecule has 1 N–H and O–H groups in total. The summed E-state index contributed by atoms with van der Waals surface area (Å²) >= 11 is 0. The quantitative estimate of drug-likeness (QED) is 0.584. The average molecular weight is 417 g/mol. The highest BCUT2D eigenvalue weighted by Crippen LogP contribution is 2.28. The van der Waals surface area contributed by atoms with Gasteiger partial charge in [0.15, 0.2) is 0 Å². The molecular weight excluding hydrogens is 394 g/mol. The molecule has 1 aliphatic rings. The maximum Gasteiger partial charge on any atom is 0.332 e. The van der Waals surface area contributed by atoms with Gasteiger partial charge in [0.2, 0.25) is 5.91 Å². The van der Waals surface area contributed by atoms with Crippen molar-refractivity contribution in [2.24, 2.45) is 0 Å². The molecule has 158 valence electrons. The molecule has 7 nitrogen and oxygen atoms in total. The maximum absolute atomic E-state index is 13.2. The first kappa shape index (κ1) is 20.4. The molecule has 7 heteroatoms. The minimum atomic E-state index is -0.923. The molecule has 1 aromatic heterocycles. The van der Waals surface area contributed by atoms with Crippen LogP contribution in [0.4, 0.5) is 16.2 Å². The molecule has 2 aromatic carbocycles. The standard InChI is InChI=1S/C24H23N3O4/c1-2-17-10-12-18(13-11-17)25-22(28)15-21-23(29)27(19-7-4-3-5-8-19)24(30)26(21)16-20-9-6-14-31-20/h3-14,21H,2,15-16H2,1H3,(H,25,28)/t21-/m0/s1. The number of nitrogens with zero attached hydrogens (tertiary/aromatic N) is 2. The Bertz CT molecular complexity index is 1060. The number of rotatable bonds is 7. The second kappa shape index (κ2) is 8.87. The fourth-order valence-corrected chi connectivity index (χ4v) is 3.61. The van der Waals surface area contributed by atoms with Gasteiger partial charge < -0.3 is 14.6 Å². The molecule has 1 fully saturated rings.